The molecule has 4 heterocycles. The predicted molar refractivity (Wildman–Crippen MR) is 91.9 cm³/mol. The summed E-state index contributed by atoms with van der Waals surface area (Å²) in [5.74, 6) is 1.59. The smallest absolute Gasteiger partial charge is 0.138 e. The van der Waals surface area contributed by atoms with Crippen LogP contribution in [0.2, 0.25) is 0 Å². The van der Waals surface area contributed by atoms with Gasteiger partial charge in [0.25, 0.3) is 0 Å². The van der Waals surface area contributed by atoms with Crippen molar-refractivity contribution in [2.45, 2.75) is 32.0 Å². The van der Waals surface area contributed by atoms with Crippen molar-refractivity contribution in [1.29, 1.82) is 0 Å². The summed E-state index contributed by atoms with van der Waals surface area (Å²) in [6.45, 7) is 5.78. The van der Waals surface area contributed by atoms with Gasteiger partial charge in [0.15, 0.2) is 0 Å². The van der Waals surface area contributed by atoms with Crippen LogP contribution in [0.3, 0.4) is 0 Å². The molecule has 24 heavy (non-hydrogen) atoms. The number of pyridine rings is 1. The third-order valence-corrected chi connectivity index (χ3v) is 4.97. The number of fused-ring (bicyclic) bond motifs is 1. The van der Waals surface area contributed by atoms with E-state index in [-0.39, 0.29) is 6.10 Å². The van der Waals surface area contributed by atoms with E-state index < -0.39 is 0 Å². The van der Waals surface area contributed by atoms with Gasteiger partial charge < -0.3 is 14.0 Å². The molecule has 5 heteroatoms. The Morgan fingerprint density at radius 1 is 1.17 bits per heavy atom. The third kappa shape index (κ3) is 3.79. The Bertz CT molecular complexity index is 637. The van der Waals surface area contributed by atoms with Gasteiger partial charge in [-0.2, -0.15) is 0 Å². The molecule has 5 nitrogen and oxygen atoms in total. The van der Waals surface area contributed by atoms with Crippen LogP contribution in [-0.2, 0) is 17.8 Å². The lowest BCUT2D eigenvalue weighted by molar-refractivity contribution is 0.0442. The van der Waals surface area contributed by atoms with Gasteiger partial charge in [-0.25, -0.2) is 0 Å². The maximum absolute atomic E-state index is 6.23. The fraction of sp³-hybridized carbons (Fsp3) is 0.526. The maximum atomic E-state index is 6.23. The standard InChI is InChI=1S/C19H25N3O2/c1-4-18(11-20-7-1)24-19-14-21(12-16-5-9-23-10-6-16)13-17-3-2-8-22(17)15-19/h1-4,7-8,11,16,19H,5-6,9-10,12-15H2. The summed E-state index contributed by atoms with van der Waals surface area (Å²) in [6, 6.07) is 8.27. The molecule has 128 valence electrons. The lowest BCUT2D eigenvalue weighted by atomic mass is 9.99. The van der Waals surface area contributed by atoms with Crippen LogP contribution in [0.4, 0.5) is 0 Å². The van der Waals surface area contributed by atoms with Crippen LogP contribution in [0, 0.1) is 5.92 Å². The first kappa shape index (κ1) is 15.7. The molecule has 1 saturated heterocycles. The molecule has 0 radical (unpaired) electrons. The Kier molecular flexibility index (Phi) is 4.81. The predicted octanol–water partition coefficient (Wildman–Crippen LogP) is 2.57. The molecule has 0 amide bonds. The summed E-state index contributed by atoms with van der Waals surface area (Å²) < 4.78 is 14.1. The minimum atomic E-state index is 0.141. The Hall–Kier alpha value is -1.85. The van der Waals surface area contributed by atoms with E-state index in [1.807, 2.05) is 12.1 Å². The molecule has 0 spiro atoms. The van der Waals surface area contributed by atoms with E-state index in [4.69, 9.17) is 9.47 Å². The number of ether oxygens (including phenoxy) is 2. The topological polar surface area (TPSA) is 39.5 Å². The van der Waals surface area contributed by atoms with Crippen LogP contribution in [-0.4, -0.2) is 46.9 Å². The molecule has 2 aliphatic heterocycles. The van der Waals surface area contributed by atoms with Gasteiger partial charge in [-0.15, -0.1) is 0 Å². The number of nitrogens with zero attached hydrogens (tertiary/aromatic N) is 3. The van der Waals surface area contributed by atoms with Crippen molar-refractivity contribution < 1.29 is 9.47 Å². The van der Waals surface area contributed by atoms with Crippen molar-refractivity contribution in [3.05, 3.63) is 48.5 Å². The molecule has 1 fully saturated rings. The van der Waals surface area contributed by atoms with E-state index >= 15 is 0 Å². The van der Waals surface area contributed by atoms with Crippen LogP contribution in [0.1, 0.15) is 18.5 Å². The van der Waals surface area contributed by atoms with Gasteiger partial charge in [0.05, 0.1) is 12.7 Å². The highest BCUT2D eigenvalue weighted by Crippen LogP contribution is 2.22. The second-order valence-corrected chi connectivity index (χ2v) is 6.83. The normalized spacial score (nSPS) is 22.8. The summed E-state index contributed by atoms with van der Waals surface area (Å²) >= 11 is 0. The zero-order valence-corrected chi connectivity index (χ0v) is 14.0. The molecule has 0 aromatic carbocycles. The molecule has 0 aliphatic carbocycles. The van der Waals surface area contributed by atoms with Crippen LogP contribution in [0.5, 0.6) is 5.75 Å². The lowest BCUT2D eigenvalue weighted by Crippen LogP contribution is -2.38. The SMILES string of the molecule is c1cncc(OC2CN(CC3CCOCC3)Cc3cccn3C2)c1. The van der Waals surface area contributed by atoms with Crippen molar-refractivity contribution in [1.82, 2.24) is 14.5 Å². The highest BCUT2D eigenvalue weighted by atomic mass is 16.5. The molecule has 1 unspecified atom stereocenters. The first-order valence-corrected chi connectivity index (χ1v) is 8.87. The fourth-order valence-electron chi connectivity index (χ4n) is 3.75. The van der Waals surface area contributed by atoms with Crippen molar-refractivity contribution >= 4 is 0 Å². The summed E-state index contributed by atoms with van der Waals surface area (Å²) in [4.78, 5) is 6.71. The Morgan fingerprint density at radius 3 is 2.92 bits per heavy atom. The van der Waals surface area contributed by atoms with Crippen molar-refractivity contribution in [2.24, 2.45) is 5.92 Å². The van der Waals surface area contributed by atoms with Crippen molar-refractivity contribution in [3.63, 3.8) is 0 Å². The Morgan fingerprint density at radius 2 is 2.08 bits per heavy atom. The number of rotatable bonds is 4. The molecule has 2 aromatic rings. The molecule has 1 atom stereocenters. The van der Waals surface area contributed by atoms with E-state index in [0.717, 1.165) is 51.1 Å². The van der Waals surface area contributed by atoms with Crippen LogP contribution < -0.4 is 4.74 Å². The molecular formula is C19H25N3O2. The Balaban J connectivity index is 1.47. The first-order chi connectivity index (χ1) is 11.9. The third-order valence-electron chi connectivity index (χ3n) is 4.97. The number of aromatic nitrogens is 2. The zero-order valence-electron chi connectivity index (χ0n) is 14.0. The van der Waals surface area contributed by atoms with Crippen LogP contribution in [0.25, 0.3) is 0 Å². The minimum absolute atomic E-state index is 0.141. The van der Waals surface area contributed by atoms with Crippen molar-refractivity contribution in [2.75, 3.05) is 26.3 Å². The van der Waals surface area contributed by atoms with Crippen molar-refractivity contribution in [3.8, 4) is 5.75 Å². The monoisotopic (exact) mass is 327 g/mol. The average Bonchev–Trinajstić information content (AvgIpc) is 2.96. The largest absolute Gasteiger partial charge is 0.486 e. The first-order valence-electron chi connectivity index (χ1n) is 8.87. The highest BCUT2D eigenvalue weighted by molar-refractivity contribution is 5.16. The average molecular weight is 327 g/mol. The fourth-order valence-corrected chi connectivity index (χ4v) is 3.75. The minimum Gasteiger partial charge on any atom is -0.486 e. The summed E-state index contributed by atoms with van der Waals surface area (Å²) in [5.41, 5.74) is 1.37. The van der Waals surface area contributed by atoms with Gasteiger partial charge in [0.1, 0.15) is 11.9 Å². The molecule has 0 N–H and O–H groups in total. The molecule has 0 saturated carbocycles. The van der Waals surface area contributed by atoms with Gasteiger partial charge in [0.2, 0.25) is 0 Å². The quantitative estimate of drug-likeness (QED) is 0.865. The summed E-state index contributed by atoms with van der Waals surface area (Å²) in [6.07, 6.45) is 8.22. The highest BCUT2D eigenvalue weighted by Gasteiger charge is 2.25. The molecule has 2 aromatic heterocycles. The van der Waals surface area contributed by atoms with Crippen LogP contribution in [0.15, 0.2) is 42.9 Å². The zero-order chi connectivity index (χ0) is 16.2. The number of hydrogen-bond acceptors (Lipinski definition) is 4. The summed E-state index contributed by atoms with van der Waals surface area (Å²) in [7, 11) is 0. The van der Waals surface area contributed by atoms with E-state index in [0.29, 0.717) is 0 Å². The number of hydrogen-bond donors (Lipinski definition) is 0. The van der Waals surface area contributed by atoms with Gasteiger partial charge >= 0.3 is 0 Å². The molecule has 2 aliphatic rings. The lowest BCUT2D eigenvalue weighted by Gasteiger charge is -2.30. The molecule has 4 rings (SSSR count). The molecular weight excluding hydrogens is 302 g/mol. The van der Waals surface area contributed by atoms with E-state index in [2.05, 4.69) is 32.8 Å². The second kappa shape index (κ2) is 7.36. The van der Waals surface area contributed by atoms with E-state index in [9.17, 15) is 0 Å². The second-order valence-electron chi connectivity index (χ2n) is 6.83. The Labute approximate surface area is 143 Å². The van der Waals surface area contributed by atoms with E-state index in [1.54, 1.807) is 12.4 Å². The van der Waals surface area contributed by atoms with Crippen LogP contribution >= 0.6 is 0 Å². The van der Waals surface area contributed by atoms with Gasteiger partial charge in [-0.05, 0) is 43.0 Å². The summed E-state index contributed by atoms with van der Waals surface area (Å²) in [5, 5.41) is 0. The van der Waals surface area contributed by atoms with Gasteiger partial charge in [-0.1, -0.05) is 0 Å². The van der Waals surface area contributed by atoms with Gasteiger partial charge in [0, 0.05) is 50.9 Å². The molecule has 0 bridgehead atoms. The van der Waals surface area contributed by atoms with E-state index in [1.165, 1.54) is 18.5 Å². The van der Waals surface area contributed by atoms with Gasteiger partial charge in [-0.3, -0.25) is 9.88 Å². The maximum Gasteiger partial charge on any atom is 0.138 e.